The van der Waals surface area contributed by atoms with Gasteiger partial charge in [-0.1, -0.05) is 23.2 Å². The van der Waals surface area contributed by atoms with Crippen LogP contribution in [-0.4, -0.2) is 46.8 Å². The third kappa shape index (κ3) is 4.03. The van der Waals surface area contributed by atoms with Crippen molar-refractivity contribution in [2.24, 2.45) is 0 Å². The number of hydrogen-bond donors (Lipinski definition) is 1. The van der Waals surface area contributed by atoms with Crippen LogP contribution in [0.25, 0.3) is 5.69 Å². The van der Waals surface area contributed by atoms with Gasteiger partial charge in [-0.25, -0.2) is 4.68 Å². The van der Waals surface area contributed by atoms with E-state index in [2.05, 4.69) is 10.4 Å². The summed E-state index contributed by atoms with van der Waals surface area (Å²) in [5.41, 5.74) is 1.19. The van der Waals surface area contributed by atoms with Gasteiger partial charge in [0.2, 0.25) is 0 Å². The van der Waals surface area contributed by atoms with E-state index in [-0.39, 0.29) is 24.4 Å². The number of carbonyl (C=O) groups is 1. The van der Waals surface area contributed by atoms with Crippen molar-refractivity contribution in [3.8, 4) is 5.69 Å². The number of nitrogens with one attached hydrogen (secondary N) is 1. The van der Waals surface area contributed by atoms with Gasteiger partial charge in [0, 0.05) is 19.3 Å². The highest BCUT2D eigenvalue weighted by molar-refractivity contribution is 6.42. The van der Waals surface area contributed by atoms with Crippen LogP contribution in [0, 0.1) is 0 Å². The third-order valence-electron chi connectivity index (χ3n) is 4.15. The Hall–Kier alpha value is -1.27. The standard InChI is InChI=1S/C16H18Cl2N4O.ClH/c1-21(11-4-7-19-8-5-11)16(23)15-6-9-22(20-15)12-2-3-13(17)14(18)10-12;/h2-3,6,9-11,19H,4-5,7-8H2,1H3;1H. The average molecular weight is 390 g/mol. The van der Waals surface area contributed by atoms with Crippen molar-refractivity contribution in [3.05, 3.63) is 46.2 Å². The Bertz CT molecular complexity index is 713. The molecule has 0 unspecified atom stereocenters. The van der Waals surface area contributed by atoms with Crippen molar-refractivity contribution >= 4 is 41.5 Å². The first-order valence-corrected chi connectivity index (χ1v) is 8.31. The van der Waals surface area contributed by atoms with Crippen LogP contribution in [0.1, 0.15) is 23.3 Å². The fourth-order valence-corrected chi connectivity index (χ4v) is 3.04. The minimum Gasteiger partial charge on any atom is -0.337 e. The molecule has 5 nitrogen and oxygen atoms in total. The second-order valence-electron chi connectivity index (χ2n) is 5.64. The minimum atomic E-state index is -0.0595. The van der Waals surface area contributed by atoms with Gasteiger partial charge in [0.15, 0.2) is 5.69 Å². The summed E-state index contributed by atoms with van der Waals surface area (Å²) in [6, 6.07) is 7.23. The summed E-state index contributed by atoms with van der Waals surface area (Å²) < 4.78 is 1.63. The molecule has 0 spiro atoms. The fourth-order valence-electron chi connectivity index (χ4n) is 2.75. The van der Waals surface area contributed by atoms with E-state index >= 15 is 0 Å². The average Bonchev–Trinajstić information content (AvgIpc) is 3.07. The number of hydrogen-bond acceptors (Lipinski definition) is 3. The van der Waals surface area contributed by atoms with Gasteiger partial charge in [-0.05, 0) is 50.2 Å². The summed E-state index contributed by atoms with van der Waals surface area (Å²) in [5, 5.41) is 8.63. The van der Waals surface area contributed by atoms with Crippen molar-refractivity contribution in [1.29, 1.82) is 0 Å². The lowest BCUT2D eigenvalue weighted by Gasteiger charge is -2.31. The zero-order chi connectivity index (χ0) is 16.4. The fraction of sp³-hybridized carbons (Fsp3) is 0.375. The molecular weight excluding hydrogens is 371 g/mol. The molecule has 1 aliphatic heterocycles. The highest BCUT2D eigenvalue weighted by Gasteiger charge is 2.24. The molecule has 130 valence electrons. The Kier molecular flexibility index (Phi) is 6.52. The van der Waals surface area contributed by atoms with Gasteiger partial charge in [0.05, 0.1) is 15.7 Å². The molecule has 3 rings (SSSR count). The Labute approximate surface area is 157 Å². The lowest BCUT2D eigenvalue weighted by molar-refractivity contribution is 0.0697. The Balaban J connectivity index is 0.00000208. The van der Waals surface area contributed by atoms with Crippen LogP contribution in [0.2, 0.25) is 10.0 Å². The van der Waals surface area contributed by atoms with Crippen LogP contribution in [0.15, 0.2) is 30.5 Å². The molecule has 8 heteroatoms. The molecule has 2 heterocycles. The molecule has 1 amide bonds. The van der Waals surface area contributed by atoms with E-state index in [4.69, 9.17) is 23.2 Å². The summed E-state index contributed by atoms with van der Waals surface area (Å²) >= 11 is 12.0. The number of piperidine rings is 1. The maximum atomic E-state index is 12.6. The summed E-state index contributed by atoms with van der Waals surface area (Å²) in [7, 11) is 1.84. The monoisotopic (exact) mass is 388 g/mol. The smallest absolute Gasteiger partial charge is 0.274 e. The second kappa shape index (κ2) is 8.21. The largest absolute Gasteiger partial charge is 0.337 e. The lowest BCUT2D eigenvalue weighted by atomic mass is 10.1. The number of carbonyl (C=O) groups excluding carboxylic acids is 1. The molecule has 1 saturated heterocycles. The SMILES string of the molecule is CN(C(=O)c1ccn(-c2ccc(Cl)c(Cl)c2)n1)C1CCNCC1.Cl. The second-order valence-corrected chi connectivity index (χ2v) is 6.46. The molecule has 0 saturated carbocycles. The molecular formula is C16H19Cl3N4O. The van der Waals surface area contributed by atoms with Crippen LogP contribution in [-0.2, 0) is 0 Å². The maximum Gasteiger partial charge on any atom is 0.274 e. The maximum absolute atomic E-state index is 12.6. The Morgan fingerprint density at radius 3 is 2.62 bits per heavy atom. The molecule has 1 aromatic carbocycles. The van der Waals surface area contributed by atoms with E-state index in [1.54, 1.807) is 34.0 Å². The highest BCUT2D eigenvalue weighted by Crippen LogP contribution is 2.24. The molecule has 0 aliphatic carbocycles. The predicted octanol–water partition coefficient (Wildman–Crippen LogP) is 3.42. The summed E-state index contributed by atoms with van der Waals surface area (Å²) in [6.07, 6.45) is 3.69. The molecule has 1 aromatic heterocycles. The van der Waals surface area contributed by atoms with Gasteiger partial charge in [-0.15, -0.1) is 12.4 Å². The third-order valence-corrected chi connectivity index (χ3v) is 4.89. The molecule has 1 N–H and O–H groups in total. The summed E-state index contributed by atoms with van der Waals surface area (Å²) in [4.78, 5) is 14.4. The highest BCUT2D eigenvalue weighted by atomic mass is 35.5. The first kappa shape index (κ1) is 19.1. The first-order chi connectivity index (χ1) is 11.1. The molecule has 1 fully saturated rings. The van der Waals surface area contributed by atoms with E-state index in [9.17, 15) is 4.79 Å². The molecule has 24 heavy (non-hydrogen) atoms. The van der Waals surface area contributed by atoms with Crippen molar-refractivity contribution in [3.63, 3.8) is 0 Å². The number of benzene rings is 1. The van der Waals surface area contributed by atoms with Crippen LogP contribution in [0.4, 0.5) is 0 Å². The number of amides is 1. The van der Waals surface area contributed by atoms with Crippen molar-refractivity contribution < 1.29 is 4.79 Å². The number of rotatable bonds is 3. The van der Waals surface area contributed by atoms with E-state index in [0.717, 1.165) is 31.6 Å². The zero-order valence-corrected chi connectivity index (χ0v) is 15.5. The van der Waals surface area contributed by atoms with E-state index < -0.39 is 0 Å². The Morgan fingerprint density at radius 2 is 1.96 bits per heavy atom. The molecule has 0 radical (unpaired) electrons. The normalized spacial score (nSPS) is 15.0. The predicted molar refractivity (Wildman–Crippen MR) is 98.8 cm³/mol. The van der Waals surface area contributed by atoms with E-state index in [1.807, 2.05) is 13.1 Å². The van der Waals surface area contributed by atoms with Crippen LogP contribution in [0.3, 0.4) is 0 Å². The Morgan fingerprint density at radius 1 is 1.25 bits per heavy atom. The molecule has 2 aromatic rings. The van der Waals surface area contributed by atoms with Gasteiger partial charge in [0.1, 0.15) is 0 Å². The quantitative estimate of drug-likeness (QED) is 0.875. The van der Waals surface area contributed by atoms with Crippen molar-refractivity contribution in [1.82, 2.24) is 20.0 Å². The number of halogens is 3. The summed E-state index contributed by atoms with van der Waals surface area (Å²) in [5.74, 6) is -0.0595. The van der Waals surface area contributed by atoms with E-state index in [1.165, 1.54) is 0 Å². The number of nitrogens with zero attached hydrogens (tertiary/aromatic N) is 3. The van der Waals surface area contributed by atoms with Crippen molar-refractivity contribution in [2.45, 2.75) is 18.9 Å². The van der Waals surface area contributed by atoms with Crippen LogP contribution >= 0.6 is 35.6 Å². The lowest BCUT2D eigenvalue weighted by Crippen LogP contribution is -2.44. The minimum absolute atomic E-state index is 0. The molecule has 0 atom stereocenters. The van der Waals surface area contributed by atoms with Crippen LogP contribution < -0.4 is 5.32 Å². The van der Waals surface area contributed by atoms with Gasteiger partial charge >= 0.3 is 0 Å². The molecule has 0 bridgehead atoms. The van der Waals surface area contributed by atoms with Gasteiger partial charge in [0.25, 0.3) is 5.91 Å². The van der Waals surface area contributed by atoms with Gasteiger partial charge in [-0.2, -0.15) is 5.10 Å². The summed E-state index contributed by atoms with van der Waals surface area (Å²) in [6.45, 7) is 1.89. The van der Waals surface area contributed by atoms with Gasteiger partial charge in [-0.3, -0.25) is 4.79 Å². The zero-order valence-electron chi connectivity index (χ0n) is 13.2. The van der Waals surface area contributed by atoms with E-state index in [0.29, 0.717) is 15.7 Å². The van der Waals surface area contributed by atoms with Gasteiger partial charge < -0.3 is 10.2 Å². The van der Waals surface area contributed by atoms with Crippen LogP contribution in [0.5, 0.6) is 0 Å². The molecule has 1 aliphatic rings. The topological polar surface area (TPSA) is 50.2 Å². The first-order valence-electron chi connectivity index (χ1n) is 7.55. The number of aromatic nitrogens is 2. The van der Waals surface area contributed by atoms with Crippen molar-refractivity contribution in [2.75, 3.05) is 20.1 Å².